The third-order valence-corrected chi connectivity index (χ3v) is 9.80. The first kappa shape index (κ1) is 30.3. The number of pyridine rings is 1. The van der Waals surface area contributed by atoms with Crippen LogP contribution in [-0.4, -0.2) is 101 Å². The third-order valence-electron chi connectivity index (χ3n) is 9.80. The van der Waals surface area contributed by atoms with Gasteiger partial charge in [0.2, 0.25) is 5.91 Å². The first-order valence-electron chi connectivity index (χ1n) is 15.2. The summed E-state index contributed by atoms with van der Waals surface area (Å²) in [6.07, 6.45) is 1.43. The van der Waals surface area contributed by atoms with Crippen molar-refractivity contribution >= 4 is 23.5 Å². The van der Waals surface area contributed by atoms with Gasteiger partial charge in [-0.15, -0.1) is 0 Å². The molecule has 0 bridgehead atoms. The van der Waals surface area contributed by atoms with E-state index in [-0.39, 0.29) is 42.2 Å². The molecule has 0 unspecified atom stereocenters. The smallest absolute Gasteiger partial charge is 0.384 e. The Bertz CT molecular complexity index is 1410. The van der Waals surface area contributed by atoms with Crippen LogP contribution in [0.15, 0.2) is 42.6 Å². The van der Waals surface area contributed by atoms with Crippen LogP contribution in [0.25, 0.3) is 0 Å². The number of hydrogen-bond acceptors (Lipinski definition) is 6. The lowest BCUT2D eigenvalue weighted by Crippen LogP contribution is -2.47. The molecule has 44 heavy (non-hydrogen) atoms. The molecule has 6 rings (SSSR count). The number of alkyl halides is 3. The molecule has 3 aliphatic heterocycles. The maximum Gasteiger partial charge on any atom is 0.416 e. The number of carbonyl (C=O) groups excluding carboxylic acids is 3. The van der Waals surface area contributed by atoms with Crippen LogP contribution in [0.5, 0.6) is 0 Å². The standard InChI is InChI=1S/C31H37F3N6O4/c1-37-15-16-39(29(37)43)23-5-6-26(35-18-23)30(44)11-7-22(8-12-30)38-13-9-25-24(38)10-14-40(25)27(41)19-36-28(42)20-3-2-4-21(17-20)31(32,33)34/h2-6,17-18,22,24-25,44H,7-16,19H2,1H3,(H,36,42)/t22-,24-,25-,30+/m0/s1. The first-order valence-corrected chi connectivity index (χ1v) is 15.2. The van der Waals surface area contributed by atoms with Crippen molar-refractivity contribution < 1.29 is 32.7 Å². The minimum Gasteiger partial charge on any atom is -0.384 e. The fourth-order valence-electron chi connectivity index (χ4n) is 7.35. The highest BCUT2D eigenvalue weighted by Gasteiger charge is 2.48. The summed E-state index contributed by atoms with van der Waals surface area (Å²) < 4.78 is 39.0. The summed E-state index contributed by atoms with van der Waals surface area (Å²) in [5.41, 5.74) is -0.751. The molecule has 10 nitrogen and oxygen atoms in total. The van der Waals surface area contributed by atoms with Crippen LogP contribution in [-0.2, 0) is 16.6 Å². The van der Waals surface area contributed by atoms with Crippen LogP contribution in [0.2, 0.25) is 0 Å². The van der Waals surface area contributed by atoms with Crippen molar-refractivity contribution in [3.8, 4) is 0 Å². The Labute approximate surface area is 253 Å². The van der Waals surface area contributed by atoms with Crippen molar-refractivity contribution in [3.63, 3.8) is 0 Å². The topological polar surface area (TPSA) is 109 Å². The number of aromatic nitrogens is 1. The summed E-state index contributed by atoms with van der Waals surface area (Å²) in [4.78, 5) is 50.0. The van der Waals surface area contributed by atoms with E-state index in [0.29, 0.717) is 38.2 Å². The zero-order chi connectivity index (χ0) is 31.2. The van der Waals surface area contributed by atoms with Gasteiger partial charge in [-0.2, -0.15) is 13.2 Å². The number of anilines is 1. The SMILES string of the molecule is CN1CCN(c2ccc([C@]3(O)CC[C@@H](N4CC[C@H]5[C@@H]4CCN5C(=O)CNC(=O)c4cccc(C(F)(F)F)c4)CC3)nc2)C1=O. The minimum atomic E-state index is -4.56. The highest BCUT2D eigenvalue weighted by Crippen LogP contribution is 2.42. The van der Waals surface area contributed by atoms with Crippen molar-refractivity contribution in [3.05, 3.63) is 59.4 Å². The number of benzene rings is 1. The Kier molecular flexibility index (Phi) is 8.03. The number of nitrogens with zero attached hydrogens (tertiary/aromatic N) is 5. The monoisotopic (exact) mass is 614 g/mol. The zero-order valence-corrected chi connectivity index (χ0v) is 24.6. The molecule has 2 aromatic rings. The second-order valence-corrected chi connectivity index (χ2v) is 12.3. The third kappa shape index (κ3) is 5.74. The fourth-order valence-corrected chi connectivity index (χ4v) is 7.35. The van der Waals surface area contributed by atoms with Crippen LogP contribution in [0.3, 0.4) is 0 Å². The average molecular weight is 615 g/mol. The lowest BCUT2D eigenvalue weighted by Gasteiger charge is -2.41. The largest absolute Gasteiger partial charge is 0.416 e. The number of carbonyl (C=O) groups is 3. The Balaban J connectivity index is 1.01. The highest BCUT2D eigenvalue weighted by atomic mass is 19.4. The van der Waals surface area contributed by atoms with Crippen molar-refractivity contribution in [1.29, 1.82) is 0 Å². The molecule has 236 valence electrons. The molecule has 2 atom stereocenters. The van der Waals surface area contributed by atoms with E-state index in [0.717, 1.165) is 50.0 Å². The van der Waals surface area contributed by atoms with Gasteiger partial charge in [0, 0.05) is 56.9 Å². The van der Waals surface area contributed by atoms with Crippen LogP contribution in [0.1, 0.15) is 60.1 Å². The van der Waals surface area contributed by atoms with Crippen LogP contribution in [0.4, 0.5) is 23.7 Å². The van der Waals surface area contributed by atoms with Gasteiger partial charge in [0.15, 0.2) is 0 Å². The fraction of sp³-hybridized carbons (Fsp3) is 0.548. The number of halogens is 3. The van der Waals surface area contributed by atoms with Gasteiger partial charge in [-0.25, -0.2) is 4.79 Å². The van der Waals surface area contributed by atoms with Crippen molar-refractivity contribution in [1.82, 2.24) is 25.0 Å². The lowest BCUT2D eigenvalue weighted by atomic mass is 9.79. The molecule has 2 N–H and O–H groups in total. The Morgan fingerprint density at radius 3 is 2.43 bits per heavy atom. The summed E-state index contributed by atoms with van der Waals surface area (Å²) in [5, 5.41) is 14.0. The number of likely N-dealkylation sites (N-methyl/N-ethyl adjacent to an activating group) is 1. The molecule has 3 saturated heterocycles. The summed E-state index contributed by atoms with van der Waals surface area (Å²) >= 11 is 0. The molecule has 4 amide bonds. The van der Waals surface area contributed by atoms with E-state index in [2.05, 4.69) is 15.2 Å². The van der Waals surface area contributed by atoms with Gasteiger partial charge in [-0.3, -0.25) is 24.4 Å². The van der Waals surface area contributed by atoms with E-state index in [9.17, 15) is 32.7 Å². The van der Waals surface area contributed by atoms with Crippen molar-refractivity contribution in [2.75, 3.05) is 44.7 Å². The van der Waals surface area contributed by atoms with E-state index < -0.39 is 23.2 Å². The van der Waals surface area contributed by atoms with E-state index in [1.807, 2.05) is 12.1 Å². The van der Waals surface area contributed by atoms with Crippen LogP contribution in [0, 0.1) is 0 Å². The van der Waals surface area contributed by atoms with E-state index >= 15 is 0 Å². The number of amides is 4. The first-order chi connectivity index (χ1) is 20.9. The van der Waals surface area contributed by atoms with Gasteiger partial charge in [0.05, 0.1) is 29.7 Å². The van der Waals surface area contributed by atoms with Gasteiger partial charge in [-0.1, -0.05) is 6.07 Å². The number of urea groups is 1. The number of rotatable bonds is 6. The Morgan fingerprint density at radius 2 is 1.77 bits per heavy atom. The molecule has 4 heterocycles. The normalized spacial score (nSPS) is 27.6. The molecular formula is C31H37F3N6O4. The molecule has 4 fully saturated rings. The van der Waals surface area contributed by atoms with Gasteiger partial charge >= 0.3 is 12.2 Å². The van der Waals surface area contributed by atoms with Crippen LogP contribution < -0.4 is 10.2 Å². The Hall–Kier alpha value is -3.71. The predicted molar refractivity (Wildman–Crippen MR) is 155 cm³/mol. The number of nitrogens with one attached hydrogen (secondary N) is 1. The molecule has 1 aliphatic carbocycles. The maximum atomic E-state index is 13.1. The second-order valence-electron chi connectivity index (χ2n) is 12.3. The molecule has 4 aliphatic rings. The quantitative estimate of drug-likeness (QED) is 0.518. The number of fused-ring (bicyclic) bond motifs is 1. The van der Waals surface area contributed by atoms with Crippen LogP contribution >= 0.6 is 0 Å². The van der Waals surface area contributed by atoms with Gasteiger partial charge < -0.3 is 20.2 Å². The molecule has 1 aromatic heterocycles. The van der Waals surface area contributed by atoms with E-state index in [1.54, 1.807) is 27.9 Å². The van der Waals surface area contributed by atoms with Crippen molar-refractivity contribution in [2.24, 2.45) is 0 Å². The maximum absolute atomic E-state index is 13.1. The summed E-state index contributed by atoms with van der Waals surface area (Å²) in [6.45, 7) is 2.40. The minimum absolute atomic E-state index is 0.0234. The van der Waals surface area contributed by atoms with Gasteiger partial charge in [-0.05, 0) is 68.9 Å². The summed E-state index contributed by atoms with van der Waals surface area (Å²) in [6, 6.07) is 8.26. The average Bonchev–Trinajstić information content (AvgIpc) is 3.72. The second kappa shape index (κ2) is 11.7. The molecule has 1 aromatic carbocycles. The predicted octanol–water partition coefficient (Wildman–Crippen LogP) is 3.21. The van der Waals surface area contributed by atoms with E-state index in [4.69, 9.17) is 0 Å². The Morgan fingerprint density at radius 1 is 1.02 bits per heavy atom. The number of aliphatic hydroxyl groups is 1. The zero-order valence-electron chi connectivity index (χ0n) is 24.6. The molecule has 0 spiro atoms. The molecule has 1 saturated carbocycles. The van der Waals surface area contributed by atoms with Crippen molar-refractivity contribution in [2.45, 2.75) is 68.4 Å². The molecule has 13 heteroatoms. The lowest BCUT2D eigenvalue weighted by molar-refractivity contribution is -0.137. The number of likely N-dealkylation sites (tertiary alicyclic amines) is 2. The number of hydrogen-bond donors (Lipinski definition) is 2. The van der Waals surface area contributed by atoms with E-state index in [1.165, 1.54) is 12.1 Å². The highest BCUT2D eigenvalue weighted by molar-refractivity contribution is 5.96. The van der Waals surface area contributed by atoms with Gasteiger partial charge in [0.25, 0.3) is 5.91 Å². The molecule has 0 radical (unpaired) electrons. The van der Waals surface area contributed by atoms with Gasteiger partial charge in [0.1, 0.15) is 5.60 Å². The summed E-state index contributed by atoms with van der Waals surface area (Å²) in [7, 11) is 1.77. The molecular weight excluding hydrogens is 577 g/mol. The summed E-state index contributed by atoms with van der Waals surface area (Å²) in [5.74, 6) is -0.960.